The van der Waals surface area contributed by atoms with Crippen LogP contribution in [0, 0.1) is 0 Å². The molecule has 0 atom stereocenters. The summed E-state index contributed by atoms with van der Waals surface area (Å²) in [5.41, 5.74) is 1.33. The van der Waals surface area contributed by atoms with Gasteiger partial charge in [-0.25, -0.2) is 0 Å². The summed E-state index contributed by atoms with van der Waals surface area (Å²) in [5, 5.41) is 0. The third-order valence-electron chi connectivity index (χ3n) is 1.60. The molecule has 0 aliphatic rings. The first kappa shape index (κ1) is 7.39. The van der Waals surface area contributed by atoms with Crippen molar-refractivity contribution in [2.24, 2.45) is 0 Å². The molecule has 1 aromatic rings. The van der Waals surface area contributed by atoms with Gasteiger partial charge in [0.05, 0.1) is 6.26 Å². The maximum absolute atomic E-state index is 5.27. The number of rotatable bonds is 3. The van der Waals surface area contributed by atoms with Crippen LogP contribution in [0.25, 0.3) is 0 Å². The molecule has 0 aliphatic heterocycles. The molecule has 1 rings (SSSR count). The summed E-state index contributed by atoms with van der Waals surface area (Å²) in [6.07, 6.45) is 5.21. The normalized spacial score (nSPS) is 10.2. The number of hydrogen-bond acceptors (Lipinski definition) is 1. The molecule has 0 spiro atoms. The van der Waals surface area contributed by atoms with Gasteiger partial charge in [-0.05, 0) is 18.1 Å². The first-order valence-corrected chi connectivity index (χ1v) is 3.93. The van der Waals surface area contributed by atoms with Crippen LogP contribution in [-0.4, -0.2) is 0 Å². The Morgan fingerprint density at radius 1 is 1.40 bits per heavy atom. The molecule has 56 valence electrons. The zero-order chi connectivity index (χ0) is 7.40. The van der Waals surface area contributed by atoms with Gasteiger partial charge < -0.3 is 4.42 Å². The Morgan fingerprint density at radius 2 is 2.20 bits per heavy atom. The molecule has 1 aromatic heterocycles. The standard InChI is InChI=1S/C9H14O/c1-3-5-8-6-9(4-2)10-7-8/h6-7H,3-5H2,1-2H3. The van der Waals surface area contributed by atoms with Crippen LogP contribution in [0.1, 0.15) is 31.6 Å². The fourth-order valence-electron chi connectivity index (χ4n) is 1.03. The van der Waals surface area contributed by atoms with Crippen molar-refractivity contribution < 1.29 is 4.42 Å². The van der Waals surface area contributed by atoms with Crippen molar-refractivity contribution in [2.45, 2.75) is 33.1 Å². The molecule has 0 radical (unpaired) electrons. The van der Waals surface area contributed by atoms with E-state index in [1.54, 1.807) is 0 Å². The lowest BCUT2D eigenvalue weighted by atomic mass is 10.2. The van der Waals surface area contributed by atoms with Gasteiger partial charge in [0.2, 0.25) is 0 Å². The molecular formula is C9H14O. The lowest BCUT2D eigenvalue weighted by molar-refractivity contribution is 0.514. The highest BCUT2D eigenvalue weighted by Crippen LogP contribution is 2.09. The summed E-state index contributed by atoms with van der Waals surface area (Å²) >= 11 is 0. The van der Waals surface area contributed by atoms with E-state index in [0.29, 0.717) is 0 Å². The molecule has 0 amide bonds. The first-order valence-electron chi connectivity index (χ1n) is 3.93. The number of hydrogen-bond donors (Lipinski definition) is 0. The first-order chi connectivity index (χ1) is 4.86. The summed E-state index contributed by atoms with van der Waals surface area (Å²) in [6.45, 7) is 4.28. The number of aryl methyl sites for hydroxylation is 2. The van der Waals surface area contributed by atoms with E-state index < -0.39 is 0 Å². The zero-order valence-electron chi connectivity index (χ0n) is 6.68. The fraction of sp³-hybridized carbons (Fsp3) is 0.556. The van der Waals surface area contributed by atoms with E-state index in [1.807, 2.05) is 6.26 Å². The minimum absolute atomic E-state index is 1.00. The van der Waals surface area contributed by atoms with E-state index in [2.05, 4.69) is 19.9 Å². The summed E-state index contributed by atoms with van der Waals surface area (Å²) in [6, 6.07) is 2.14. The summed E-state index contributed by atoms with van der Waals surface area (Å²) in [4.78, 5) is 0. The van der Waals surface area contributed by atoms with Crippen LogP contribution in [0.5, 0.6) is 0 Å². The average molecular weight is 138 g/mol. The van der Waals surface area contributed by atoms with E-state index in [4.69, 9.17) is 4.42 Å². The van der Waals surface area contributed by atoms with Gasteiger partial charge in [-0.2, -0.15) is 0 Å². The van der Waals surface area contributed by atoms with Crippen molar-refractivity contribution >= 4 is 0 Å². The van der Waals surface area contributed by atoms with Crippen molar-refractivity contribution in [3.63, 3.8) is 0 Å². The predicted molar refractivity (Wildman–Crippen MR) is 42.1 cm³/mol. The van der Waals surface area contributed by atoms with Gasteiger partial charge >= 0.3 is 0 Å². The molecule has 1 heterocycles. The Kier molecular flexibility index (Phi) is 2.55. The smallest absolute Gasteiger partial charge is 0.103 e. The van der Waals surface area contributed by atoms with E-state index >= 15 is 0 Å². The largest absolute Gasteiger partial charge is 0.469 e. The van der Waals surface area contributed by atoms with Crippen LogP contribution >= 0.6 is 0 Å². The van der Waals surface area contributed by atoms with Crippen LogP contribution in [-0.2, 0) is 12.8 Å². The van der Waals surface area contributed by atoms with Gasteiger partial charge in [-0.3, -0.25) is 0 Å². The molecule has 0 fully saturated rings. The second-order valence-electron chi connectivity index (χ2n) is 2.52. The van der Waals surface area contributed by atoms with E-state index in [-0.39, 0.29) is 0 Å². The third kappa shape index (κ3) is 1.63. The molecule has 0 saturated heterocycles. The lowest BCUT2D eigenvalue weighted by Crippen LogP contribution is -1.76. The highest BCUT2D eigenvalue weighted by molar-refractivity contribution is 5.12. The van der Waals surface area contributed by atoms with Crippen LogP contribution in [0.15, 0.2) is 16.7 Å². The van der Waals surface area contributed by atoms with Crippen molar-refractivity contribution in [3.8, 4) is 0 Å². The van der Waals surface area contributed by atoms with Gasteiger partial charge in [0.25, 0.3) is 0 Å². The summed E-state index contributed by atoms with van der Waals surface area (Å²) < 4.78 is 5.27. The average Bonchev–Trinajstić information content (AvgIpc) is 2.37. The van der Waals surface area contributed by atoms with Gasteiger partial charge in [0.1, 0.15) is 5.76 Å². The van der Waals surface area contributed by atoms with Gasteiger partial charge in [0.15, 0.2) is 0 Å². The van der Waals surface area contributed by atoms with Gasteiger partial charge in [0, 0.05) is 6.42 Å². The second-order valence-corrected chi connectivity index (χ2v) is 2.52. The van der Waals surface area contributed by atoms with Crippen molar-refractivity contribution in [1.29, 1.82) is 0 Å². The number of furan rings is 1. The van der Waals surface area contributed by atoms with E-state index in [1.165, 1.54) is 12.0 Å². The van der Waals surface area contributed by atoms with Crippen LogP contribution < -0.4 is 0 Å². The zero-order valence-corrected chi connectivity index (χ0v) is 6.68. The Hall–Kier alpha value is -0.720. The molecule has 0 N–H and O–H groups in total. The predicted octanol–water partition coefficient (Wildman–Crippen LogP) is 2.79. The van der Waals surface area contributed by atoms with Gasteiger partial charge in [-0.15, -0.1) is 0 Å². The third-order valence-corrected chi connectivity index (χ3v) is 1.60. The molecule has 1 nitrogen and oxygen atoms in total. The Labute approximate surface area is 62.1 Å². The van der Waals surface area contributed by atoms with Crippen LogP contribution in [0.4, 0.5) is 0 Å². The quantitative estimate of drug-likeness (QED) is 0.626. The lowest BCUT2D eigenvalue weighted by Gasteiger charge is -1.85. The van der Waals surface area contributed by atoms with Crippen molar-refractivity contribution in [1.82, 2.24) is 0 Å². The van der Waals surface area contributed by atoms with Crippen molar-refractivity contribution in [3.05, 3.63) is 23.7 Å². The molecule has 1 heteroatoms. The van der Waals surface area contributed by atoms with Gasteiger partial charge in [-0.1, -0.05) is 20.3 Å². The molecule has 0 saturated carbocycles. The maximum atomic E-state index is 5.27. The Balaban J connectivity index is 2.59. The Morgan fingerprint density at radius 3 is 2.70 bits per heavy atom. The van der Waals surface area contributed by atoms with Crippen LogP contribution in [0.2, 0.25) is 0 Å². The van der Waals surface area contributed by atoms with E-state index in [0.717, 1.165) is 18.6 Å². The SMILES string of the molecule is CCCc1coc(CC)c1. The second kappa shape index (κ2) is 3.45. The van der Waals surface area contributed by atoms with Crippen LogP contribution in [0.3, 0.4) is 0 Å². The Bertz CT molecular complexity index is 188. The monoisotopic (exact) mass is 138 g/mol. The molecule has 10 heavy (non-hydrogen) atoms. The molecule has 0 bridgehead atoms. The molecular weight excluding hydrogens is 124 g/mol. The molecule has 0 aliphatic carbocycles. The summed E-state index contributed by atoms with van der Waals surface area (Å²) in [7, 11) is 0. The fourth-order valence-corrected chi connectivity index (χ4v) is 1.03. The highest BCUT2D eigenvalue weighted by atomic mass is 16.3. The minimum atomic E-state index is 1.00. The van der Waals surface area contributed by atoms with E-state index in [9.17, 15) is 0 Å². The maximum Gasteiger partial charge on any atom is 0.103 e. The minimum Gasteiger partial charge on any atom is -0.469 e. The molecule has 0 unspecified atom stereocenters. The molecule has 0 aromatic carbocycles. The summed E-state index contributed by atoms with van der Waals surface area (Å²) in [5.74, 6) is 1.10. The highest BCUT2D eigenvalue weighted by Gasteiger charge is 1.96. The van der Waals surface area contributed by atoms with Crippen molar-refractivity contribution in [2.75, 3.05) is 0 Å². The topological polar surface area (TPSA) is 13.1 Å².